The lowest BCUT2D eigenvalue weighted by molar-refractivity contribution is -0.912. The highest BCUT2D eigenvalue weighted by Crippen LogP contribution is 2.36. The molecule has 0 aliphatic carbocycles. The van der Waals surface area contributed by atoms with E-state index in [1.807, 2.05) is 6.92 Å². The molecule has 3 aromatic rings. The van der Waals surface area contributed by atoms with Gasteiger partial charge in [-0.1, -0.05) is 24.3 Å². The highest BCUT2D eigenvalue weighted by atomic mass is 32.1. The van der Waals surface area contributed by atoms with Crippen LogP contribution in [0.2, 0.25) is 0 Å². The molecule has 5 nitrogen and oxygen atoms in total. The Morgan fingerprint density at radius 2 is 2.23 bits per heavy atom. The van der Waals surface area contributed by atoms with Crippen LogP contribution in [0.15, 0.2) is 17.5 Å². The molecule has 0 amide bonds. The summed E-state index contributed by atoms with van der Waals surface area (Å²) in [6, 6.07) is 4.47. The van der Waals surface area contributed by atoms with Crippen molar-refractivity contribution in [2.45, 2.75) is 32.2 Å². The molecule has 3 aromatic heterocycles. The summed E-state index contributed by atoms with van der Waals surface area (Å²) in [6.07, 6.45) is 3.31. The number of quaternary nitrogens is 1. The molecule has 1 saturated heterocycles. The van der Waals surface area contributed by atoms with E-state index in [1.54, 1.807) is 27.2 Å². The fraction of sp³-hybridized carbons (Fsp3) is 0.467. The highest BCUT2D eigenvalue weighted by Gasteiger charge is 2.35. The molecule has 0 radical (unpaired) electrons. The van der Waals surface area contributed by atoms with Gasteiger partial charge in [-0.15, -0.1) is 16.4 Å². The van der Waals surface area contributed by atoms with E-state index in [4.69, 9.17) is 0 Å². The van der Waals surface area contributed by atoms with Crippen LogP contribution in [0, 0.1) is 0 Å². The summed E-state index contributed by atoms with van der Waals surface area (Å²) in [4.78, 5) is 9.15. The number of aromatic nitrogens is 3. The summed E-state index contributed by atoms with van der Waals surface area (Å²) in [5.74, 6) is 1.05. The number of likely N-dealkylation sites (tertiary alicyclic amines) is 1. The summed E-state index contributed by atoms with van der Waals surface area (Å²) >= 11 is 3.34. The Kier molecular flexibility index (Phi) is 3.63. The van der Waals surface area contributed by atoms with Gasteiger partial charge in [0.05, 0.1) is 18.0 Å². The molecular formula is C15H19N4OS2+. The Bertz CT molecular complexity index is 771. The number of thiophene rings is 1. The maximum absolute atomic E-state index is 10.7. The monoisotopic (exact) mass is 335 g/mol. The fourth-order valence-corrected chi connectivity index (χ4v) is 5.33. The van der Waals surface area contributed by atoms with Crippen LogP contribution in [0.5, 0.6) is 5.88 Å². The first-order chi connectivity index (χ1) is 10.8. The number of aromatic hydroxyl groups is 1. The van der Waals surface area contributed by atoms with Crippen molar-refractivity contribution in [3.8, 4) is 5.88 Å². The number of nitrogens with zero attached hydrogens (tertiary/aromatic N) is 3. The van der Waals surface area contributed by atoms with E-state index < -0.39 is 0 Å². The normalized spacial score (nSPS) is 17.5. The molecule has 1 aliphatic heterocycles. The smallest absolute Gasteiger partial charge is 0.235 e. The first-order valence-electron chi connectivity index (χ1n) is 7.73. The van der Waals surface area contributed by atoms with E-state index in [0.29, 0.717) is 0 Å². The van der Waals surface area contributed by atoms with Crippen LogP contribution in [-0.4, -0.2) is 32.8 Å². The molecule has 22 heavy (non-hydrogen) atoms. The number of thiazole rings is 1. The number of nitrogens with one attached hydrogen (secondary N) is 1. The van der Waals surface area contributed by atoms with Crippen molar-refractivity contribution in [1.82, 2.24) is 14.6 Å². The van der Waals surface area contributed by atoms with Crippen LogP contribution in [0.3, 0.4) is 0 Å². The van der Waals surface area contributed by atoms with E-state index in [2.05, 4.69) is 27.6 Å². The number of hydrogen-bond donors (Lipinski definition) is 2. The van der Waals surface area contributed by atoms with Crippen molar-refractivity contribution in [1.29, 1.82) is 0 Å². The molecule has 2 N–H and O–H groups in total. The maximum atomic E-state index is 10.7. The topological polar surface area (TPSA) is 54.9 Å². The summed E-state index contributed by atoms with van der Waals surface area (Å²) in [7, 11) is 0. The first kappa shape index (κ1) is 14.2. The zero-order chi connectivity index (χ0) is 15.1. The van der Waals surface area contributed by atoms with E-state index in [1.165, 1.54) is 22.6 Å². The van der Waals surface area contributed by atoms with E-state index in [0.717, 1.165) is 35.2 Å². The van der Waals surface area contributed by atoms with E-state index in [9.17, 15) is 5.11 Å². The molecule has 1 aliphatic rings. The molecule has 0 bridgehead atoms. The highest BCUT2D eigenvalue weighted by molar-refractivity contribution is 7.17. The Hall–Kier alpha value is -1.44. The minimum absolute atomic E-state index is 0.209. The van der Waals surface area contributed by atoms with Gasteiger partial charge in [-0.2, -0.15) is 4.52 Å². The molecule has 116 valence electrons. The Morgan fingerprint density at radius 1 is 1.41 bits per heavy atom. The summed E-state index contributed by atoms with van der Waals surface area (Å²) in [5, 5.41) is 17.2. The van der Waals surface area contributed by atoms with Gasteiger partial charge in [-0.05, 0) is 11.4 Å². The van der Waals surface area contributed by atoms with Gasteiger partial charge in [-0.3, -0.25) is 0 Å². The average molecular weight is 335 g/mol. The first-order valence-corrected chi connectivity index (χ1v) is 9.42. The minimum atomic E-state index is 0.209. The van der Waals surface area contributed by atoms with Crippen molar-refractivity contribution in [2.75, 3.05) is 13.1 Å². The molecule has 7 heteroatoms. The van der Waals surface area contributed by atoms with Crippen LogP contribution in [0.4, 0.5) is 0 Å². The fourth-order valence-electron chi connectivity index (χ4n) is 3.22. The predicted molar refractivity (Wildman–Crippen MR) is 88.0 cm³/mol. The van der Waals surface area contributed by atoms with Crippen LogP contribution in [-0.2, 0) is 6.42 Å². The largest absolute Gasteiger partial charge is 0.492 e. The SMILES string of the molecule is CCc1nc2sc([C@@H](c3cccs3)[NH+]3CCCC3)c(O)n2n1. The van der Waals surface area contributed by atoms with Crippen molar-refractivity contribution in [2.24, 2.45) is 0 Å². The molecular weight excluding hydrogens is 316 g/mol. The molecule has 4 rings (SSSR count). The Labute approximate surface area is 136 Å². The lowest BCUT2D eigenvalue weighted by Gasteiger charge is -2.22. The van der Waals surface area contributed by atoms with Gasteiger partial charge in [0.2, 0.25) is 10.8 Å². The molecule has 1 fully saturated rings. The van der Waals surface area contributed by atoms with Crippen LogP contribution in [0.1, 0.15) is 41.4 Å². The summed E-state index contributed by atoms with van der Waals surface area (Å²) < 4.78 is 1.61. The second-order valence-corrected chi connectivity index (χ2v) is 7.67. The summed E-state index contributed by atoms with van der Waals surface area (Å²) in [5.41, 5.74) is 0. The lowest BCUT2D eigenvalue weighted by Crippen LogP contribution is -3.10. The van der Waals surface area contributed by atoms with Gasteiger partial charge < -0.3 is 10.0 Å². The van der Waals surface area contributed by atoms with Gasteiger partial charge in [0.1, 0.15) is 4.88 Å². The van der Waals surface area contributed by atoms with Crippen molar-refractivity contribution in [3.05, 3.63) is 33.1 Å². The van der Waals surface area contributed by atoms with Gasteiger partial charge in [0.25, 0.3) is 0 Å². The molecule has 0 saturated carbocycles. The second-order valence-electron chi connectivity index (χ2n) is 5.68. The number of fused-ring (bicyclic) bond motifs is 1. The van der Waals surface area contributed by atoms with E-state index in [-0.39, 0.29) is 11.9 Å². The number of rotatable bonds is 4. The van der Waals surface area contributed by atoms with Gasteiger partial charge in [0.15, 0.2) is 11.9 Å². The third-order valence-corrected chi connectivity index (χ3v) is 6.33. The van der Waals surface area contributed by atoms with Crippen LogP contribution in [0.25, 0.3) is 4.96 Å². The van der Waals surface area contributed by atoms with Crippen molar-refractivity contribution in [3.63, 3.8) is 0 Å². The predicted octanol–water partition coefficient (Wildman–Crippen LogP) is 1.89. The quantitative estimate of drug-likeness (QED) is 0.765. The maximum Gasteiger partial charge on any atom is 0.235 e. The molecule has 0 aromatic carbocycles. The Balaban J connectivity index is 1.81. The summed E-state index contributed by atoms with van der Waals surface area (Å²) in [6.45, 7) is 4.35. The standard InChI is InChI=1S/C15H18N4OS2/c1-2-11-16-15-19(17-11)14(20)13(22-15)12(10-6-5-9-21-10)18-7-3-4-8-18/h5-6,9,12,20H,2-4,7-8H2,1H3/p+1/t12-/m1/s1. The van der Waals surface area contributed by atoms with Gasteiger partial charge in [0, 0.05) is 19.3 Å². The third kappa shape index (κ3) is 2.24. The molecule has 1 atom stereocenters. The van der Waals surface area contributed by atoms with Crippen molar-refractivity contribution < 1.29 is 10.0 Å². The van der Waals surface area contributed by atoms with Crippen LogP contribution >= 0.6 is 22.7 Å². The zero-order valence-electron chi connectivity index (χ0n) is 12.5. The van der Waals surface area contributed by atoms with E-state index >= 15 is 0 Å². The third-order valence-electron chi connectivity index (χ3n) is 4.30. The average Bonchev–Trinajstić information content (AvgIpc) is 3.28. The molecule has 0 spiro atoms. The second kappa shape index (κ2) is 5.64. The number of aryl methyl sites for hydroxylation is 1. The van der Waals surface area contributed by atoms with Crippen LogP contribution < -0.4 is 4.90 Å². The minimum Gasteiger partial charge on any atom is -0.492 e. The zero-order valence-corrected chi connectivity index (χ0v) is 14.1. The lowest BCUT2D eigenvalue weighted by atomic mass is 10.2. The molecule has 4 heterocycles. The molecule has 0 unspecified atom stereocenters. The van der Waals surface area contributed by atoms with Crippen molar-refractivity contribution >= 4 is 27.6 Å². The van der Waals surface area contributed by atoms with Gasteiger partial charge >= 0.3 is 0 Å². The Morgan fingerprint density at radius 3 is 2.86 bits per heavy atom. The number of hydrogen-bond acceptors (Lipinski definition) is 5. The van der Waals surface area contributed by atoms with Gasteiger partial charge in [-0.25, -0.2) is 4.98 Å².